The molecule has 10 heteroatoms. The average molecular weight is 563 g/mol. The molecule has 2 amide bonds. The van der Waals surface area contributed by atoms with Crippen molar-refractivity contribution in [2.24, 2.45) is 11.8 Å². The number of carbonyl (C=O) groups is 3. The number of thioether (sulfide) groups is 1. The van der Waals surface area contributed by atoms with Gasteiger partial charge >= 0.3 is 5.97 Å². The SMILES string of the molecule is C=CS/C=C(\C)C(=O)Nc1ccc(-c2cc(N(CC(F)F)C(=O)C3CCC(C)CC3)c(C(=O)OC)s2)cc1. The molecule has 6 nitrogen and oxygen atoms in total. The molecular weight excluding hydrogens is 530 g/mol. The normalized spacial score (nSPS) is 17.7. The number of benzene rings is 1. The minimum absolute atomic E-state index is 0.0959. The summed E-state index contributed by atoms with van der Waals surface area (Å²) in [5.41, 5.74) is 1.94. The van der Waals surface area contributed by atoms with Crippen molar-refractivity contribution in [1.29, 1.82) is 0 Å². The molecule has 1 aromatic carbocycles. The van der Waals surface area contributed by atoms with Crippen LogP contribution in [0.15, 0.2) is 53.3 Å². The molecule has 0 saturated heterocycles. The molecule has 2 aromatic rings. The first-order chi connectivity index (χ1) is 18.1. The van der Waals surface area contributed by atoms with E-state index in [9.17, 15) is 23.2 Å². The zero-order chi connectivity index (χ0) is 27.8. The van der Waals surface area contributed by atoms with Crippen LogP contribution in [0.3, 0.4) is 0 Å². The Morgan fingerprint density at radius 2 is 1.87 bits per heavy atom. The minimum Gasteiger partial charge on any atom is -0.465 e. The number of ether oxygens (including phenoxy) is 1. The second kappa shape index (κ2) is 13.7. The Labute approximate surface area is 230 Å². The van der Waals surface area contributed by atoms with Crippen molar-refractivity contribution in [2.75, 3.05) is 23.9 Å². The van der Waals surface area contributed by atoms with Gasteiger partial charge in [-0.15, -0.1) is 23.1 Å². The topological polar surface area (TPSA) is 75.7 Å². The number of hydrogen-bond acceptors (Lipinski definition) is 6. The molecule has 0 atom stereocenters. The van der Waals surface area contributed by atoms with E-state index < -0.39 is 18.9 Å². The molecule has 0 spiro atoms. The first-order valence-corrected chi connectivity index (χ1v) is 14.1. The Hall–Kier alpha value is -2.98. The van der Waals surface area contributed by atoms with Gasteiger partial charge in [-0.2, -0.15) is 0 Å². The number of nitrogens with one attached hydrogen (secondary N) is 1. The maximum absolute atomic E-state index is 13.6. The molecule has 1 aliphatic rings. The number of amides is 2. The van der Waals surface area contributed by atoms with Crippen molar-refractivity contribution in [3.63, 3.8) is 0 Å². The zero-order valence-corrected chi connectivity index (χ0v) is 23.3. The highest BCUT2D eigenvalue weighted by molar-refractivity contribution is 8.04. The van der Waals surface area contributed by atoms with E-state index in [1.165, 1.54) is 18.9 Å². The summed E-state index contributed by atoms with van der Waals surface area (Å²) in [5.74, 6) is -1.19. The van der Waals surface area contributed by atoms with Crippen LogP contribution in [-0.4, -0.2) is 37.9 Å². The van der Waals surface area contributed by atoms with Crippen LogP contribution >= 0.6 is 23.1 Å². The van der Waals surface area contributed by atoms with Crippen LogP contribution in [0.25, 0.3) is 10.4 Å². The molecule has 1 fully saturated rings. The van der Waals surface area contributed by atoms with Crippen molar-refractivity contribution >= 4 is 52.3 Å². The number of nitrogens with zero attached hydrogens (tertiary/aromatic N) is 1. The molecule has 1 N–H and O–H groups in total. The van der Waals surface area contributed by atoms with E-state index >= 15 is 0 Å². The average Bonchev–Trinajstić information content (AvgIpc) is 3.35. The quantitative estimate of drug-likeness (QED) is 0.242. The molecule has 1 heterocycles. The molecule has 204 valence electrons. The maximum atomic E-state index is 13.6. The smallest absolute Gasteiger partial charge is 0.350 e. The van der Waals surface area contributed by atoms with Gasteiger partial charge < -0.3 is 15.0 Å². The monoisotopic (exact) mass is 562 g/mol. The van der Waals surface area contributed by atoms with E-state index in [4.69, 9.17) is 4.74 Å². The highest BCUT2D eigenvalue weighted by Gasteiger charge is 2.33. The van der Waals surface area contributed by atoms with Gasteiger partial charge in [-0.05, 0) is 73.1 Å². The number of carbonyl (C=O) groups excluding carboxylic acids is 3. The van der Waals surface area contributed by atoms with E-state index in [0.717, 1.165) is 29.1 Å². The van der Waals surface area contributed by atoms with Gasteiger partial charge in [0.2, 0.25) is 5.91 Å². The summed E-state index contributed by atoms with van der Waals surface area (Å²) in [4.78, 5) is 40.1. The number of halogens is 2. The number of alkyl halides is 2. The molecule has 1 saturated carbocycles. The van der Waals surface area contributed by atoms with Crippen LogP contribution < -0.4 is 10.2 Å². The predicted octanol–water partition coefficient (Wildman–Crippen LogP) is 7.35. The number of thiophene rings is 1. The lowest BCUT2D eigenvalue weighted by molar-refractivity contribution is -0.124. The second-order valence-corrected chi connectivity index (χ2v) is 11.1. The number of hydrogen-bond donors (Lipinski definition) is 1. The summed E-state index contributed by atoms with van der Waals surface area (Å²) in [6, 6.07) is 8.53. The zero-order valence-electron chi connectivity index (χ0n) is 21.7. The van der Waals surface area contributed by atoms with Gasteiger partial charge in [0.1, 0.15) is 4.88 Å². The Morgan fingerprint density at radius 3 is 2.45 bits per heavy atom. The van der Waals surface area contributed by atoms with Crippen LogP contribution in [0.4, 0.5) is 20.2 Å². The molecule has 0 bridgehead atoms. The molecule has 1 aromatic heterocycles. The summed E-state index contributed by atoms with van der Waals surface area (Å²) >= 11 is 2.39. The lowest BCUT2D eigenvalue weighted by Gasteiger charge is -2.31. The minimum atomic E-state index is -2.76. The molecule has 0 unspecified atom stereocenters. The summed E-state index contributed by atoms with van der Waals surface area (Å²) in [6.07, 6.45) is 0.239. The van der Waals surface area contributed by atoms with Crippen LogP contribution in [0.5, 0.6) is 0 Å². The lowest BCUT2D eigenvalue weighted by atomic mass is 9.82. The van der Waals surface area contributed by atoms with Crippen molar-refractivity contribution in [3.05, 3.63) is 58.2 Å². The number of esters is 1. The van der Waals surface area contributed by atoms with E-state index in [-0.39, 0.29) is 28.3 Å². The number of anilines is 2. The highest BCUT2D eigenvalue weighted by Crippen LogP contribution is 2.40. The fourth-order valence-corrected chi connectivity index (χ4v) is 5.78. The largest absolute Gasteiger partial charge is 0.465 e. The Kier molecular flexibility index (Phi) is 10.7. The van der Waals surface area contributed by atoms with Gasteiger partial charge in [0.15, 0.2) is 0 Å². The van der Waals surface area contributed by atoms with Gasteiger partial charge in [0.05, 0.1) is 19.3 Å². The predicted molar refractivity (Wildman–Crippen MR) is 151 cm³/mol. The number of rotatable bonds is 10. The maximum Gasteiger partial charge on any atom is 0.350 e. The highest BCUT2D eigenvalue weighted by atomic mass is 32.2. The summed E-state index contributed by atoms with van der Waals surface area (Å²) in [5, 5.41) is 6.12. The first kappa shape index (κ1) is 29.6. The van der Waals surface area contributed by atoms with Crippen molar-refractivity contribution in [1.82, 2.24) is 0 Å². The molecule has 0 radical (unpaired) electrons. The lowest BCUT2D eigenvalue weighted by Crippen LogP contribution is -2.41. The van der Waals surface area contributed by atoms with Gasteiger partial charge in [0, 0.05) is 22.1 Å². The second-order valence-electron chi connectivity index (χ2n) is 9.25. The van der Waals surface area contributed by atoms with Gasteiger partial charge in [-0.25, -0.2) is 13.6 Å². The standard InChI is InChI=1S/C28H32F2N2O4S2/c1-5-37-16-18(3)26(33)31-21-12-10-19(11-13-21)23-14-22(25(38-23)28(35)36-4)32(15-24(29)30)27(34)20-8-6-17(2)7-9-20/h5,10-14,16-17,20,24H,1,6-9,15H2,2-4H3,(H,31,33)/b18-16+. The third-order valence-electron chi connectivity index (χ3n) is 6.45. The molecule has 3 rings (SSSR count). The van der Waals surface area contributed by atoms with Crippen molar-refractivity contribution in [3.8, 4) is 10.4 Å². The molecule has 1 aliphatic carbocycles. The van der Waals surface area contributed by atoms with Crippen LogP contribution in [0, 0.1) is 11.8 Å². The van der Waals surface area contributed by atoms with Crippen LogP contribution in [0.1, 0.15) is 49.2 Å². The first-order valence-electron chi connectivity index (χ1n) is 12.3. The van der Waals surface area contributed by atoms with Crippen molar-refractivity contribution < 1.29 is 27.9 Å². The van der Waals surface area contributed by atoms with Gasteiger partial charge in [-0.3, -0.25) is 9.59 Å². The van der Waals surface area contributed by atoms with Gasteiger partial charge in [0.25, 0.3) is 12.3 Å². The van der Waals surface area contributed by atoms with E-state index in [0.29, 0.717) is 40.5 Å². The van der Waals surface area contributed by atoms with Crippen molar-refractivity contribution in [2.45, 2.75) is 46.0 Å². The number of methoxy groups -OCH3 is 1. The molecule has 0 aliphatic heterocycles. The Morgan fingerprint density at radius 1 is 1.21 bits per heavy atom. The fourth-order valence-electron chi connectivity index (χ4n) is 4.29. The van der Waals surface area contributed by atoms with E-state index in [1.54, 1.807) is 48.1 Å². The third kappa shape index (κ3) is 7.54. The van der Waals surface area contributed by atoms with Gasteiger partial charge in [-0.1, -0.05) is 25.6 Å². The third-order valence-corrected chi connectivity index (χ3v) is 8.29. The summed E-state index contributed by atoms with van der Waals surface area (Å²) in [6.45, 7) is 6.62. The fraction of sp³-hybridized carbons (Fsp3) is 0.393. The van der Waals surface area contributed by atoms with Crippen LogP contribution in [0.2, 0.25) is 0 Å². The van der Waals surface area contributed by atoms with E-state index in [2.05, 4.69) is 18.8 Å². The summed E-state index contributed by atoms with van der Waals surface area (Å²) in [7, 11) is 1.22. The molecule has 38 heavy (non-hydrogen) atoms. The Bertz CT molecular complexity index is 1190. The Balaban J connectivity index is 1.91. The molecular formula is C28H32F2N2O4S2. The van der Waals surface area contributed by atoms with Crippen LogP contribution in [-0.2, 0) is 14.3 Å². The van der Waals surface area contributed by atoms with E-state index in [1.807, 2.05) is 0 Å². The summed E-state index contributed by atoms with van der Waals surface area (Å²) < 4.78 is 32.2.